The predicted octanol–water partition coefficient (Wildman–Crippen LogP) is 1.83. The van der Waals surface area contributed by atoms with Gasteiger partial charge in [0.05, 0.1) is 5.56 Å². The van der Waals surface area contributed by atoms with Crippen LogP contribution in [-0.4, -0.2) is 25.5 Å². The molecule has 0 aromatic carbocycles. The van der Waals surface area contributed by atoms with Gasteiger partial charge in [-0.25, -0.2) is 17.9 Å². The maximum absolute atomic E-state index is 12.0. The van der Waals surface area contributed by atoms with Gasteiger partial charge in [-0.2, -0.15) is 0 Å². The highest BCUT2D eigenvalue weighted by Crippen LogP contribution is 2.22. The van der Waals surface area contributed by atoms with Crippen molar-refractivity contribution in [2.24, 2.45) is 0 Å². The second-order valence-electron chi connectivity index (χ2n) is 4.06. The average molecular weight is 287 g/mol. The fourth-order valence-corrected chi connectivity index (χ4v) is 4.20. The van der Waals surface area contributed by atoms with Gasteiger partial charge in [0.25, 0.3) is 0 Å². The number of thiophene rings is 1. The molecular formula is C11H13NO4S2. The minimum atomic E-state index is -3.60. The summed E-state index contributed by atoms with van der Waals surface area (Å²) >= 11 is 0.924. The van der Waals surface area contributed by atoms with Crippen molar-refractivity contribution in [3.63, 3.8) is 0 Å². The van der Waals surface area contributed by atoms with Crippen LogP contribution in [0.15, 0.2) is 27.8 Å². The molecule has 98 valence electrons. The normalized spacial score (nSPS) is 19.9. The van der Waals surface area contributed by atoms with Crippen LogP contribution in [0.4, 0.5) is 0 Å². The van der Waals surface area contributed by atoms with Gasteiger partial charge in [-0.15, -0.1) is 11.3 Å². The predicted molar refractivity (Wildman–Crippen MR) is 68.4 cm³/mol. The molecule has 1 aromatic heterocycles. The Morgan fingerprint density at radius 3 is 2.78 bits per heavy atom. The van der Waals surface area contributed by atoms with Crippen LogP contribution in [0, 0.1) is 0 Å². The number of hydrogen-bond donors (Lipinski definition) is 2. The quantitative estimate of drug-likeness (QED) is 0.828. The average Bonchev–Trinajstić information content (AvgIpc) is 2.79. The van der Waals surface area contributed by atoms with Crippen molar-refractivity contribution >= 4 is 27.3 Å². The Morgan fingerprint density at radius 1 is 1.44 bits per heavy atom. The van der Waals surface area contributed by atoms with E-state index in [0.29, 0.717) is 6.42 Å². The summed E-state index contributed by atoms with van der Waals surface area (Å²) in [5.74, 6) is -1.12. The second kappa shape index (κ2) is 5.21. The standard InChI is InChI=1S/C11H13NO4S2/c13-11(14)8-6-10(17-7-8)18(15,16)12-9-4-2-1-3-5-9/h1-2,6-7,9,12H,3-5H2,(H,13,14). The molecule has 0 radical (unpaired) electrons. The fraction of sp³-hybridized carbons (Fsp3) is 0.364. The number of nitrogens with one attached hydrogen (secondary N) is 1. The molecule has 18 heavy (non-hydrogen) atoms. The van der Waals surface area contributed by atoms with Crippen molar-refractivity contribution in [2.75, 3.05) is 0 Å². The Balaban J connectivity index is 2.14. The zero-order valence-corrected chi connectivity index (χ0v) is 11.1. The van der Waals surface area contributed by atoms with Crippen LogP contribution in [0.25, 0.3) is 0 Å². The molecule has 0 amide bonds. The molecular weight excluding hydrogens is 274 g/mol. The molecule has 0 aliphatic heterocycles. The lowest BCUT2D eigenvalue weighted by molar-refractivity contribution is 0.0697. The highest BCUT2D eigenvalue weighted by molar-refractivity contribution is 7.91. The number of carbonyl (C=O) groups is 1. The molecule has 2 N–H and O–H groups in total. The number of carboxylic acid groups (broad SMARTS) is 1. The van der Waals surface area contributed by atoms with Crippen LogP contribution in [-0.2, 0) is 10.0 Å². The Hall–Kier alpha value is -1.18. The second-order valence-corrected chi connectivity index (χ2v) is 6.91. The van der Waals surface area contributed by atoms with Crippen molar-refractivity contribution < 1.29 is 18.3 Å². The van der Waals surface area contributed by atoms with E-state index in [-0.39, 0.29) is 15.8 Å². The first-order chi connectivity index (χ1) is 8.49. The first-order valence-electron chi connectivity index (χ1n) is 5.48. The van der Waals surface area contributed by atoms with E-state index in [1.807, 2.05) is 12.2 Å². The third kappa shape index (κ3) is 2.98. The Bertz CT molecular complexity index is 574. The molecule has 1 atom stereocenters. The van der Waals surface area contributed by atoms with Gasteiger partial charge in [0, 0.05) is 11.4 Å². The first kappa shape index (κ1) is 13.3. The van der Waals surface area contributed by atoms with E-state index < -0.39 is 16.0 Å². The summed E-state index contributed by atoms with van der Waals surface area (Å²) in [5.41, 5.74) is 0.00362. The summed E-state index contributed by atoms with van der Waals surface area (Å²) in [7, 11) is -3.60. The minimum Gasteiger partial charge on any atom is -0.478 e. The minimum absolute atomic E-state index is 0.00362. The van der Waals surface area contributed by atoms with Gasteiger partial charge in [-0.1, -0.05) is 12.2 Å². The molecule has 7 heteroatoms. The summed E-state index contributed by atoms with van der Waals surface area (Å²) in [6.07, 6.45) is 6.29. The molecule has 0 saturated carbocycles. The summed E-state index contributed by atoms with van der Waals surface area (Å²) < 4.78 is 26.7. The van der Waals surface area contributed by atoms with Crippen molar-refractivity contribution in [3.05, 3.63) is 29.2 Å². The van der Waals surface area contributed by atoms with Crippen LogP contribution < -0.4 is 4.72 Å². The van der Waals surface area contributed by atoms with Crippen LogP contribution >= 0.6 is 11.3 Å². The lowest BCUT2D eigenvalue weighted by atomic mass is 10.0. The van der Waals surface area contributed by atoms with Gasteiger partial charge >= 0.3 is 5.97 Å². The van der Waals surface area contributed by atoms with Gasteiger partial charge in [0.1, 0.15) is 4.21 Å². The molecule has 1 unspecified atom stereocenters. The van der Waals surface area contributed by atoms with Crippen LogP contribution in [0.1, 0.15) is 29.6 Å². The number of carboxylic acids is 1. The van der Waals surface area contributed by atoms with Crippen molar-refractivity contribution in [2.45, 2.75) is 29.5 Å². The zero-order chi connectivity index (χ0) is 13.2. The third-order valence-electron chi connectivity index (χ3n) is 2.68. The number of allylic oxidation sites excluding steroid dienone is 1. The molecule has 0 bridgehead atoms. The van der Waals surface area contributed by atoms with Crippen LogP contribution in [0.3, 0.4) is 0 Å². The Kier molecular flexibility index (Phi) is 3.84. The number of hydrogen-bond acceptors (Lipinski definition) is 4. The summed E-state index contributed by atoms with van der Waals surface area (Å²) in [5, 5.41) is 10.1. The van der Waals surface area contributed by atoms with E-state index in [9.17, 15) is 13.2 Å². The van der Waals surface area contributed by atoms with E-state index in [2.05, 4.69) is 4.72 Å². The van der Waals surface area contributed by atoms with Gasteiger partial charge < -0.3 is 5.11 Å². The molecule has 0 saturated heterocycles. The van der Waals surface area contributed by atoms with Crippen molar-refractivity contribution in [1.29, 1.82) is 0 Å². The number of rotatable bonds is 4. The van der Waals surface area contributed by atoms with Crippen molar-refractivity contribution in [1.82, 2.24) is 4.72 Å². The summed E-state index contributed by atoms with van der Waals surface area (Å²) in [4.78, 5) is 10.7. The zero-order valence-electron chi connectivity index (χ0n) is 9.50. The highest BCUT2D eigenvalue weighted by atomic mass is 32.2. The Morgan fingerprint density at radius 2 is 2.22 bits per heavy atom. The third-order valence-corrected chi connectivity index (χ3v) is 5.64. The van der Waals surface area contributed by atoms with Gasteiger partial charge in [0.15, 0.2) is 0 Å². The van der Waals surface area contributed by atoms with Crippen molar-refractivity contribution in [3.8, 4) is 0 Å². The van der Waals surface area contributed by atoms with E-state index in [4.69, 9.17) is 5.11 Å². The SMILES string of the molecule is O=C(O)c1csc(S(=O)(=O)NC2CC=CCC2)c1. The van der Waals surface area contributed by atoms with Crippen LogP contribution in [0.5, 0.6) is 0 Å². The van der Waals surface area contributed by atoms with E-state index >= 15 is 0 Å². The smallest absolute Gasteiger partial charge is 0.336 e. The summed E-state index contributed by atoms with van der Waals surface area (Å²) in [6, 6.07) is 1.09. The molecule has 2 rings (SSSR count). The van der Waals surface area contributed by atoms with E-state index in [1.165, 1.54) is 11.4 Å². The molecule has 0 fully saturated rings. The van der Waals surface area contributed by atoms with Gasteiger partial charge in [0.2, 0.25) is 10.0 Å². The Labute approximate surface area is 109 Å². The number of aromatic carboxylic acids is 1. The fourth-order valence-electron chi connectivity index (χ4n) is 1.75. The molecule has 1 aliphatic carbocycles. The molecule has 1 aliphatic rings. The van der Waals surface area contributed by atoms with Crippen LogP contribution in [0.2, 0.25) is 0 Å². The topological polar surface area (TPSA) is 83.5 Å². The monoisotopic (exact) mass is 287 g/mol. The molecule has 1 aromatic rings. The first-order valence-corrected chi connectivity index (χ1v) is 7.84. The summed E-state index contributed by atoms with van der Waals surface area (Å²) in [6.45, 7) is 0. The van der Waals surface area contributed by atoms with Gasteiger partial charge in [-0.05, 0) is 25.3 Å². The largest absolute Gasteiger partial charge is 0.478 e. The highest BCUT2D eigenvalue weighted by Gasteiger charge is 2.22. The lowest BCUT2D eigenvalue weighted by Gasteiger charge is -2.18. The molecule has 0 spiro atoms. The maximum Gasteiger partial charge on any atom is 0.336 e. The molecule has 1 heterocycles. The number of sulfonamides is 1. The maximum atomic E-state index is 12.0. The van der Waals surface area contributed by atoms with E-state index in [0.717, 1.165) is 24.2 Å². The lowest BCUT2D eigenvalue weighted by Crippen LogP contribution is -2.34. The van der Waals surface area contributed by atoms with Gasteiger partial charge in [-0.3, -0.25) is 0 Å². The molecule has 5 nitrogen and oxygen atoms in total. The van der Waals surface area contributed by atoms with E-state index in [1.54, 1.807) is 0 Å².